The average molecular weight is 721 g/mol. The molecule has 2 amide bonds. The third kappa shape index (κ3) is 34.2. The molecule has 0 saturated carbocycles. The molecule has 0 aliphatic rings. The number of aliphatic hydroxyl groups excluding tert-OH is 1. The van der Waals surface area contributed by atoms with Crippen LogP contribution in [0.5, 0.6) is 0 Å². The number of amides is 2. The molecular formula is C42H76N2O7. The van der Waals surface area contributed by atoms with Crippen molar-refractivity contribution in [3.8, 4) is 0 Å². The van der Waals surface area contributed by atoms with Crippen LogP contribution in [-0.2, 0) is 23.9 Å². The first-order chi connectivity index (χ1) is 24.8. The molecule has 0 aliphatic carbocycles. The van der Waals surface area contributed by atoms with Crippen molar-refractivity contribution in [1.82, 2.24) is 10.6 Å². The fourth-order valence-electron chi connectivity index (χ4n) is 5.96. The van der Waals surface area contributed by atoms with Crippen molar-refractivity contribution in [2.75, 3.05) is 13.2 Å². The van der Waals surface area contributed by atoms with E-state index in [1.165, 1.54) is 96.3 Å². The summed E-state index contributed by atoms with van der Waals surface area (Å²) in [6.45, 7) is 3.44. The monoisotopic (exact) mass is 721 g/mol. The maximum Gasteiger partial charge on any atom is 0.328 e. The number of esters is 1. The van der Waals surface area contributed by atoms with E-state index in [-0.39, 0.29) is 24.5 Å². The second-order valence-electron chi connectivity index (χ2n) is 14.1. The first-order valence-electron chi connectivity index (χ1n) is 20.7. The molecule has 0 aromatic rings. The predicted molar refractivity (Wildman–Crippen MR) is 208 cm³/mol. The minimum absolute atomic E-state index is 0.0930. The van der Waals surface area contributed by atoms with Gasteiger partial charge in [0.15, 0.2) is 0 Å². The summed E-state index contributed by atoms with van der Waals surface area (Å²) in [6.07, 6.45) is 39.4. The first-order valence-corrected chi connectivity index (χ1v) is 20.7. The highest BCUT2D eigenvalue weighted by molar-refractivity contribution is 5.87. The fourth-order valence-corrected chi connectivity index (χ4v) is 5.96. The van der Waals surface area contributed by atoms with Crippen molar-refractivity contribution >= 4 is 23.8 Å². The maximum absolute atomic E-state index is 12.7. The summed E-state index contributed by atoms with van der Waals surface area (Å²) in [5.41, 5.74) is 0. The lowest BCUT2D eigenvalue weighted by molar-refractivity contribution is -0.147. The number of carboxylic acids is 1. The quantitative estimate of drug-likeness (QED) is 0.0284. The third-order valence-electron chi connectivity index (χ3n) is 9.19. The van der Waals surface area contributed by atoms with E-state index in [0.717, 1.165) is 64.2 Å². The minimum atomic E-state index is -1.38. The van der Waals surface area contributed by atoms with Gasteiger partial charge in [-0.05, 0) is 51.0 Å². The molecule has 0 heterocycles. The molecule has 9 nitrogen and oxygen atoms in total. The van der Waals surface area contributed by atoms with E-state index in [9.17, 15) is 19.2 Å². The minimum Gasteiger partial charge on any atom is -0.480 e. The van der Waals surface area contributed by atoms with Crippen LogP contribution < -0.4 is 10.6 Å². The Hall–Kier alpha value is -2.68. The number of aliphatic carboxylic acids is 1. The van der Waals surface area contributed by atoms with Crippen molar-refractivity contribution in [2.45, 2.75) is 206 Å². The van der Waals surface area contributed by atoms with Gasteiger partial charge < -0.3 is 25.6 Å². The Morgan fingerprint density at radius 3 is 1.67 bits per heavy atom. The predicted octanol–water partition coefficient (Wildman–Crippen LogP) is 9.65. The Kier molecular flexibility index (Phi) is 35.1. The summed E-state index contributed by atoms with van der Waals surface area (Å²) in [5, 5.41) is 22.5. The number of carboxylic acid groups (broad SMARTS) is 1. The molecule has 0 radical (unpaired) electrons. The van der Waals surface area contributed by atoms with Gasteiger partial charge in [0.05, 0.1) is 13.2 Å². The molecule has 4 N–H and O–H groups in total. The smallest absolute Gasteiger partial charge is 0.328 e. The van der Waals surface area contributed by atoms with Gasteiger partial charge in [-0.2, -0.15) is 0 Å². The van der Waals surface area contributed by atoms with Crippen LogP contribution >= 0.6 is 0 Å². The maximum atomic E-state index is 12.7. The summed E-state index contributed by atoms with van der Waals surface area (Å²) in [4.78, 5) is 47.3. The average Bonchev–Trinajstić information content (AvgIpc) is 3.11. The van der Waals surface area contributed by atoms with Crippen LogP contribution in [-0.4, -0.2) is 59.3 Å². The van der Waals surface area contributed by atoms with Gasteiger partial charge in [0.25, 0.3) is 0 Å². The van der Waals surface area contributed by atoms with Crippen molar-refractivity contribution in [3.63, 3.8) is 0 Å². The molecule has 2 atom stereocenters. The van der Waals surface area contributed by atoms with Crippen molar-refractivity contribution < 1.29 is 34.1 Å². The van der Waals surface area contributed by atoms with Gasteiger partial charge in [0.1, 0.15) is 12.1 Å². The Morgan fingerprint density at radius 2 is 1.12 bits per heavy atom. The Morgan fingerprint density at radius 1 is 0.608 bits per heavy atom. The third-order valence-corrected chi connectivity index (χ3v) is 9.19. The number of unbranched alkanes of at least 4 members (excludes halogenated alkanes) is 21. The molecule has 0 aliphatic heterocycles. The first kappa shape index (κ1) is 48.3. The molecule has 0 saturated heterocycles. The molecule has 0 aromatic heterocycles. The number of carbonyl (C=O) groups is 4. The van der Waals surface area contributed by atoms with E-state index in [1.54, 1.807) is 0 Å². The molecular weight excluding hydrogens is 644 g/mol. The van der Waals surface area contributed by atoms with Gasteiger partial charge >= 0.3 is 11.9 Å². The van der Waals surface area contributed by atoms with Gasteiger partial charge in [0.2, 0.25) is 11.8 Å². The van der Waals surface area contributed by atoms with Crippen LogP contribution in [0.4, 0.5) is 0 Å². The van der Waals surface area contributed by atoms with Crippen molar-refractivity contribution in [1.29, 1.82) is 0 Å². The lowest BCUT2D eigenvalue weighted by atomic mass is 10.0. The lowest BCUT2D eigenvalue weighted by Crippen LogP contribution is -2.47. The highest BCUT2D eigenvalue weighted by Crippen LogP contribution is 2.16. The van der Waals surface area contributed by atoms with Gasteiger partial charge in [-0.3, -0.25) is 14.4 Å². The molecule has 0 bridgehead atoms. The van der Waals surface area contributed by atoms with Gasteiger partial charge in [0, 0.05) is 12.8 Å². The normalized spacial score (nSPS) is 12.7. The fraction of sp³-hybridized carbons (Fsp3) is 0.810. The van der Waals surface area contributed by atoms with Crippen molar-refractivity contribution in [3.05, 3.63) is 24.3 Å². The van der Waals surface area contributed by atoms with E-state index in [2.05, 4.69) is 48.8 Å². The highest BCUT2D eigenvalue weighted by Gasteiger charge is 2.18. The zero-order valence-electron chi connectivity index (χ0n) is 32.6. The number of nitrogens with one attached hydrogen (secondary N) is 2. The molecule has 0 aromatic carbocycles. The van der Waals surface area contributed by atoms with E-state index in [1.807, 2.05) is 0 Å². The lowest BCUT2D eigenvalue weighted by Gasteiger charge is -2.15. The topological polar surface area (TPSA) is 142 Å². The Labute approximate surface area is 311 Å². The Bertz CT molecular complexity index is 921. The molecule has 0 fully saturated rings. The number of ether oxygens (including phenoxy) is 1. The molecule has 0 spiro atoms. The summed E-state index contributed by atoms with van der Waals surface area (Å²) in [7, 11) is 0. The van der Waals surface area contributed by atoms with Gasteiger partial charge in [-0.1, -0.05) is 154 Å². The summed E-state index contributed by atoms with van der Waals surface area (Å²) < 4.78 is 5.91. The second-order valence-corrected chi connectivity index (χ2v) is 14.1. The summed E-state index contributed by atoms with van der Waals surface area (Å²) >= 11 is 0. The second kappa shape index (κ2) is 37.1. The van der Waals surface area contributed by atoms with Crippen molar-refractivity contribution in [2.24, 2.45) is 0 Å². The number of hydrogen-bond acceptors (Lipinski definition) is 6. The highest BCUT2D eigenvalue weighted by atomic mass is 16.5. The van der Waals surface area contributed by atoms with Crippen LogP contribution in [0.2, 0.25) is 0 Å². The number of aliphatic hydroxyl groups is 1. The van der Waals surface area contributed by atoms with Crippen LogP contribution in [0, 0.1) is 0 Å². The molecule has 9 heteroatoms. The molecule has 51 heavy (non-hydrogen) atoms. The number of carbonyl (C=O) groups excluding carboxylic acids is 3. The van der Waals surface area contributed by atoms with E-state index in [4.69, 9.17) is 14.9 Å². The van der Waals surface area contributed by atoms with Gasteiger partial charge in [-0.25, -0.2) is 4.79 Å². The van der Waals surface area contributed by atoms with Crippen LogP contribution in [0.15, 0.2) is 24.3 Å². The molecule has 0 rings (SSSR count). The zero-order chi connectivity index (χ0) is 37.6. The largest absolute Gasteiger partial charge is 0.480 e. The van der Waals surface area contributed by atoms with Gasteiger partial charge in [-0.15, -0.1) is 0 Å². The summed E-state index contributed by atoms with van der Waals surface area (Å²) in [5.74, 6) is -2.34. The van der Waals surface area contributed by atoms with E-state index >= 15 is 0 Å². The van der Waals surface area contributed by atoms with E-state index in [0.29, 0.717) is 19.3 Å². The SMILES string of the molecule is CCCCC/C=C\C/C=C\C(CCCCCCCCC(=O)NCC(=O)NC(CO)C(=O)O)OC(=O)CCCCCCCCCCCCCCCC. The number of rotatable bonds is 37. The molecule has 296 valence electrons. The Balaban J connectivity index is 4.24. The van der Waals surface area contributed by atoms with Crippen LogP contribution in [0.25, 0.3) is 0 Å². The molecule has 2 unspecified atom stereocenters. The van der Waals surface area contributed by atoms with Crippen LogP contribution in [0.1, 0.15) is 194 Å². The van der Waals surface area contributed by atoms with E-state index < -0.39 is 24.5 Å². The number of hydrogen-bond donors (Lipinski definition) is 4. The zero-order valence-corrected chi connectivity index (χ0v) is 32.6. The van der Waals surface area contributed by atoms with Crippen LogP contribution in [0.3, 0.4) is 0 Å². The summed E-state index contributed by atoms with van der Waals surface area (Å²) in [6, 6.07) is -1.38. The standard InChI is InChI=1S/C42H76N2O7/c1-3-5-7-9-11-13-14-15-16-17-18-20-26-30-34-41(48)51-37(31-27-23-19-12-10-8-6-4-2)32-28-24-21-22-25-29-33-39(46)43-35-40(47)44-38(36-45)42(49)50/h12,19,27,31,37-38,45H,3-11,13-18,20-26,28-30,32-36H2,1-2H3,(H,43,46)(H,44,47)(H,49,50)/b19-12-,31-27-. The number of allylic oxidation sites excluding steroid dienone is 3.